The number of aliphatic hydroxyl groups is 2. The Balaban J connectivity index is 1.93. The summed E-state index contributed by atoms with van der Waals surface area (Å²) in [5.41, 5.74) is 6.50. The summed E-state index contributed by atoms with van der Waals surface area (Å²) in [7, 11) is 1.23. The molecule has 0 radical (unpaired) electrons. The van der Waals surface area contributed by atoms with E-state index in [1.165, 1.54) is 24.3 Å². The van der Waals surface area contributed by atoms with Gasteiger partial charge in [-0.2, -0.15) is 0 Å². The van der Waals surface area contributed by atoms with Crippen LogP contribution >= 0.6 is 0 Å². The maximum absolute atomic E-state index is 11.3. The second kappa shape index (κ2) is 6.65. The van der Waals surface area contributed by atoms with Crippen molar-refractivity contribution in [1.29, 1.82) is 0 Å². The first-order valence-electron chi connectivity index (χ1n) is 7.12. The van der Waals surface area contributed by atoms with Crippen LogP contribution in [0.15, 0.2) is 12.7 Å². The fraction of sp³-hybridized carbons (Fsp3) is 0.538. The highest BCUT2D eigenvalue weighted by Gasteiger charge is 2.46. The minimum Gasteiger partial charge on any atom is -0.467 e. The number of rotatable bonds is 5. The maximum Gasteiger partial charge on any atom is 0.331 e. The van der Waals surface area contributed by atoms with Gasteiger partial charge in [0.1, 0.15) is 36.8 Å². The average molecular weight is 339 g/mol. The number of hydrogen-bond donors (Lipinski definition) is 3. The number of ether oxygens (including phenoxy) is 3. The van der Waals surface area contributed by atoms with Gasteiger partial charge in [-0.15, -0.1) is 0 Å². The number of aromatic nitrogens is 4. The third-order valence-electron chi connectivity index (χ3n) is 3.78. The highest BCUT2D eigenvalue weighted by Crippen LogP contribution is 2.33. The van der Waals surface area contributed by atoms with E-state index in [2.05, 4.69) is 19.7 Å². The number of carbonyl (C=O) groups is 1. The van der Waals surface area contributed by atoms with Crippen LogP contribution in [-0.2, 0) is 19.0 Å². The molecule has 0 amide bonds. The molecule has 0 saturated carbocycles. The average Bonchev–Trinajstić information content (AvgIpc) is 3.14. The third-order valence-corrected chi connectivity index (χ3v) is 3.78. The molecule has 3 rings (SSSR count). The Kier molecular flexibility index (Phi) is 4.57. The van der Waals surface area contributed by atoms with Gasteiger partial charge in [0.2, 0.25) is 0 Å². The standard InChI is InChI=1S/C13H17N5O6/c1-22-7(20)3-23-10-9(21)6(2-19)24-13(10)18-5-17-8-11(14)15-4-16-12(8)18/h4-6,9-10,13,19,21H,2-3H2,1H3,(H2,14,15,16)/t6-,9-,10-,13-/m1/s1. The topological polar surface area (TPSA) is 155 Å². The van der Waals surface area contributed by atoms with Gasteiger partial charge in [-0.1, -0.05) is 0 Å². The summed E-state index contributed by atoms with van der Waals surface area (Å²) < 4.78 is 17.1. The molecule has 130 valence electrons. The van der Waals surface area contributed by atoms with Gasteiger partial charge in [0, 0.05) is 0 Å². The van der Waals surface area contributed by atoms with Crippen LogP contribution in [0.25, 0.3) is 11.2 Å². The summed E-state index contributed by atoms with van der Waals surface area (Å²) >= 11 is 0. The first kappa shape index (κ1) is 16.5. The number of aliphatic hydroxyl groups excluding tert-OH is 2. The summed E-state index contributed by atoms with van der Waals surface area (Å²) in [5, 5.41) is 19.6. The zero-order chi connectivity index (χ0) is 17.3. The van der Waals surface area contributed by atoms with Gasteiger partial charge in [-0.05, 0) is 0 Å². The lowest BCUT2D eigenvalue weighted by Gasteiger charge is -2.21. The van der Waals surface area contributed by atoms with Gasteiger partial charge >= 0.3 is 5.97 Å². The van der Waals surface area contributed by atoms with Crippen molar-refractivity contribution in [1.82, 2.24) is 19.5 Å². The normalized spacial score (nSPS) is 26.8. The minimum atomic E-state index is -1.15. The molecular weight excluding hydrogens is 322 g/mol. The van der Waals surface area contributed by atoms with Gasteiger partial charge in [0.15, 0.2) is 17.7 Å². The molecule has 1 aliphatic heterocycles. The Hall–Kier alpha value is -2.34. The van der Waals surface area contributed by atoms with E-state index in [4.69, 9.17) is 15.2 Å². The molecule has 2 aromatic rings. The lowest BCUT2D eigenvalue weighted by Crippen LogP contribution is -2.36. The number of imidazole rings is 1. The molecule has 1 fully saturated rings. The van der Waals surface area contributed by atoms with Crippen molar-refractivity contribution in [2.45, 2.75) is 24.5 Å². The van der Waals surface area contributed by atoms with Crippen molar-refractivity contribution in [3.8, 4) is 0 Å². The zero-order valence-corrected chi connectivity index (χ0v) is 12.8. The summed E-state index contributed by atoms with van der Waals surface area (Å²) in [6, 6.07) is 0. The molecule has 11 heteroatoms. The number of methoxy groups -OCH3 is 1. The highest BCUT2D eigenvalue weighted by atomic mass is 16.6. The van der Waals surface area contributed by atoms with Crippen LogP contribution in [0.1, 0.15) is 6.23 Å². The Morgan fingerprint density at radius 3 is 2.96 bits per heavy atom. The zero-order valence-electron chi connectivity index (χ0n) is 12.8. The van der Waals surface area contributed by atoms with Crippen LogP contribution < -0.4 is 5.73 Å². The van der Waals surface area contributed by atoms with Crippen molar-refractivity contribution in [2.24, 2.45) is 0 Å². The van der Waals surface area contributed by atoms with Crippen LogP contribution in [-0.4, -0.2) is 74.3 Å². The van der Waals surface area contributed by atoms with Gasteiger partial charge < -0.3 is 30.2 Å². The Morgan fingerprint density at radius 2 is 2.25 bits per heavy atom. The van der Waals surface area contributed by atoms with E-state index >= 15 is 0 Å². The van der Waals surface area contributed by atoms with Gasteiger partial charge in [-0.25, -0.2) is 19.7 Å². The molecule has 0 spiro atoms. The van der Waals surface area contributed by atoms with E-state index in [9.17, 15) is 15.0 Å². The predicted octanol–water partition coefficient (Wildman–Crippen LogP) is -1.78. The van der Waals surface area contributed by atoms with Crippen LogP contribution in [0, 0.1) is 0 Å². The molecule has 4 N–H and O–H groups in total. The quantitative estimate of drug-likeness (QED) is 0.532. The number of carbonyl (C=O) groups excluding carboxylic acids is 1. The SMILES string of the molecule is COC(=O)CO[C@@H]1[C@H](O)[C@@H](CO)O[C@H]1n1cnc2c(N)ncnc21. The van der Waals surface area contributed by atoms with Gasteiger partial charge in [-0.3, -0.25) is 4.57 Å². The Labute approximate surface area is 136 Å². The van der Waals surface area contributed by atoms with Crippen molar-refractivity contribution < 1.29 is 29.2 Å². The molecule has 0 bridgehead atoms. The van der Waals surface area contributed by atoms with Crippen molar-refractivity contribution >= 4 is 23.0 Å². The molecule has 3 heterocycles. The lowest BCUT2D eigenvalue weighted by molar-refractivity contribution is -0.152. The van der Waals surface area contributed by atoms with Crippen molar-refractivity contribution in [3.05, 3.63) is 12.7 Å². The van der Waals surface area contributed by atoms with Gasteiger partial charge in [0.05, 0.1) is 20.0 Å². The molecule has 11 nitrogen and oxygen atoms in total. The van der Waals surface area contributed by atoms with E-state index in [1.54, 1.807) is 0 Å². The summed E-state index contributed by atoms with van der Waals surface area (Å²) in [6.07, 6.45) is -1.14. The molecule has 24 heavy (non-hydrogen) atoms. The number of anilines is 1. The van der Waals surface area contributed by atoms with E-state index in [1.807, 2.05) is 0 Å². The number of fused-ring (bicyclic) bond motifs is 1. The van der Waals surface area contributed by atoms with E-state index in [-0.39, 0.29) is 12.4 Å². The summed E-state index contributed by atoms with van der Waals surface area (Å²) in [6.45, 7) is -0.792. The predicted molar refractivity (Wildman–Crippen MR) is 78.5 cm³/mol. The first-order valence-corrected chi connectivity index (χ1v) is 7.12. The van der Waals surface area contributed by atoms with E-state index in [0.29, 0.717) is 11.2 Å². The monoisotopic (exact) mass is 339 g/mol. The van der Waals surface area contributed by atoms with E-state index in [0.717, 1.165) is 0 Å². The number of nitrogens with zero attached hydrogens (tertiary/aromatic N) is 4. The largest absolute Gasteiger partial charge is 0.467 e. The number of nitrogen functional groups attached to an aromatic ring is 1. The Morgan fingerprint density at radius 1 is 1.46 bits per heavy atom. The fourth-order valence-electron chi connectivity index (χ4n) is 2.55. The van der Waals surface area contributed by atoms with Crippen LogP contribution in [0.3, 0.4) is 0 Å². The van der Waals surface area contributed by atoms with Crippen LogP contribution in [0.2, 0.25) is 0 Å². The van der Waals surface area contributed by atoms with Crippen LogP contribution in [0.5, 0.6) is 0 Å². The van der Waals surface area contributed by atoms with Crippen molar-refractivity contribution in [2.75, 3.05) is 26.1 Å². The van der Waals surface area contributed by atoms with E-state index < -0.39 is 37.1 Å². The number of hydrogen-bond acceptors (Lipinski definition) is 10. The number of nitrogens with two attached hydrogens (primary N) is 1. The molecule has 1 saturated heterocycles. The smallest absolute Gasteiger partial charge is 0.331 e. The lowest BCUT2D eigenvalue weighted by atomic mass is 10.1. The van der Waals surface area contributed by atoms with Crippen LogP contribution in [0.4, 0.5) is 5.82 Å². The molecule has 0 aromatic carbocycles. The second-order valence-corrected chi connectivity index (χ2v) is 5.17. The van der Waals surface area contributed by atoms with Gasteiger partial charge in [0.25, 0.3) is 0 Å². The summed E-state index contributed by atoms with van der Waals surface area (Å²) in [4.78, 5) is 23.4. The molecule has 0 unspecified atom stereocenters. The Bertz CT molecular complexity index is 737. The minimum absolute atomic E-state index is 0.197. The fourth-order valence-corrected chi connectivity index (χ4v) is 2.55. The van der Waals surface area contributed by atoms with Crippen molar-refractivity contribution in [3.63, 3.8) is 0 Å². The molecule has 4 atom stereocenters. The molecule has 0 aliphatic carbocycles. The molecule has 1 aliphatic rings. The summed E-state index contributed by atoms with van der Waals surface area (Å²) in [5.74, 6) is -0.404. The highest BCUT2D eigenvalue weighted by molar-refractivity contribution is 5.81. The molecular formula is C13H17N5O6. The first-order chi connectivity index (χ1) is 11.6. The number of esters is 1. The second-order valence-electron chi connectivity index (χ2n) is 5.17. The maximum atomic E-state index is 11.3. The third kappa shape index (κ3) is 2.78. The molecule has 2 aromatic heterocycles.